The summed E-state index contributed by atoms with van der Waals surface area (Å²) in [4.78, 5) is 6.68. The zero-order valence-corrected chi connectivity index (χ0v) is 10.0. The summed E-state index contributed by atoms with van der Waals surface area (Å²) in [6.07, 6.45) is 3.14. The molecule has 0 amide bonds. The maximum atomic E-state index is 4.42. The number of aromatic nitrogens is 1. The molecule has 1 N–H and O–H groups in total. The van der Waals surface area contributed by atoms with Crippen LogP contribution in [0.25, 0.3) is 0 Å². The van der Waals surface area contributed by atoms with Crippen LogP contribution in [-0.4, -0.2) is 31.2 Å². The van der Waals surface area contributed by atoms with E-state index in [2.05, 4.69) is 41.3 Å². The maximum absolute atomic E-state index is 4.42. The molecule has 4 heteroatoms. The minimum Gasteiger partial charge on any atom is -0.355 e. The molecule has 1 atom stereocenters. The van der Waals surface area contributed by atoms with Crippen molar-refractivity contribution >= 4 is 18.2 Å². The third kappa shape index (κ3) is 2.83. The minimum atomic E-state index is 0. The van der Waals surface area contributed by atoms with Gasteiger partial charge in [-0.15, -0.1) is 12.4 Å². The summed E-state index contributed by atoms with van der Waals surface area (Å²) in [6.45, 7) is 4.26. The highest BCUT2D eigenvalue weighted by Gasteiger charge is 2.19. The van der Waals surface area contributed by atoms with Gasteiger partial charge in [0.05, 0.1) is 0 Å². The minimum absolute atomic E-state index is 0. The third-order valence-electron chi connectivity index (χ3n) is 2.84. The smallest absolute Gasteiger partial charge is 0.128 e. The van der Waals surface area contributed by atoms with E-state index >= 15 is 0 Å². The predicted molar refractivity (Wildman–Crippen MR) is 65.9 cm³/mol. The van der Waals surface area contributed by atoms with Crippen LogP contribution >= 0.6 is 12.4 Å². The molecule has 1 aromatic heterocycles. The molecule has 0 aromatic carbocycles. The Hall–Kier alpha value is -0.800. The summed E-state index contributed by atoms with van der Waals surface area (Å²) in [7, 11) is 2.12. The van der Waals surface area contributed by atoms with Gasteiger partial charge in [-0.25, -0.2) is 4.98 Å². The summed E-state index contributed by atoms with van der Waals surface area (Å²) in [5.41, 5.74) is 1.21. The van der Waals surface area contributed by atoms with Gasteiger partial charge in [0, 0.05) is 25.8 Å². The molecule has 1 aliphatic rings. The summed E-state index contributed by atoms with van der Waals surface area (Å²) in [5, 5.41) is 3.36. The monoisotopic (exact) mass is 227 g/mol. The van der Waals surface area contributed by atoms with Crippen LogP contribution in [0.1, 0.15) is 12.0 Å². The van der Waals surface area contributed by atoms with E-state index in [1.807, 2.05) is 6.20 Å². The maximum Gasteiger partial charge on any atom is 0.128 e. The predicted octanol–water partition coefficient (Wildman–Crippen LogP) is 1.61. The first-order valence-electron chi connectivity index (χ1n) is 5.13. The van der Waals surface area contributed by atoms with E-state index in [1.54, 1.807) is 0 Å². The van der Waals surface area contributed by atoms with Crippen LogP contribution in [0.4, 0.5) is 5.82 Å². The van der Waals surface area contributed by atoms with Crippen molar-refractivity contribution in [2.75, 3.05) is 25.0 Å². The van der Waals surface area contributed by atoms with Crippen molar-refractivity contribution in [2.45, 2.75) is 19.4 Å². The molecule has 0 radical (unpaired) electrons. The van der Waals surface area contributed by atoms with Gasteiger partial charge >= 0.3 is 0 Å². The number of nitrogens with one attached hydrogen (secondary N) is 1. The number of hydrogen-bond donors (Lipinski definition) is 1. The van der Waals surface area contributed by atoms with E-state index in [1.165, 1.54) is 12.0 Å². The Balaban J connectivity index is 0.00000112. The number of pyridine rings is 1. The van der Waals surface area contributed by atoms with Crippen molar-refractivity contribution in [1.82, 2.24) is 10.3 Å². The Kier molecular flexibility index (Phi) is 4.36. The van der Waals surface area contributed by atoms with Crippen molar-refractivity contribution in [2.24, 2.45) is 0 Å². The van der Waals surface area contributed by atoms with Gasteiger partial charge in [0.15, 0.2) is 0 Å². The third-order valence-corrected chi connectivity index (χ3v) is 2.84. The van der Waals surface area contributed by atoms with Crippen LogP contribution in [0.15, 0.2) is 18.3 Å². The lowest BCUT2D eigenvalue weighted by molar-refractivity contribution is 0.677. The molecule has 2 rings (SSSR count). The first kappa shape index (κ1) is 12.3. The molecule has 1 saturated heterocycles. The molecule has 1 fully saturated rings. The molecule has 2 heterocycles. The highest BCUT2D eigenvalue weighted by Crippen LogP contribution is 2.15. The number of halogens is 1. The second-order valence-corrected chi connectivity index (χ2v) is 3.95. The number of likely N-dealkylation sites (N-methyl/N-ethyl adjacent to an activating group) is 1. The summed E-state index contributed by atoms with van der Waals surface area (Å²) in [5.74, 6) is 1.07. The number of nitrogens with zero attached hydrogens (tertiary/aromatic N) is 2. The zero-order chi connectivity index (χ0) is 9.97. The van der Waals surface area contributed by atoms with Gasteiger partial charge in [-0.3, -0.25) is 0 Å². The van der Waals surface area contributed by atoms with Crippen LogP contribution in [-0.2, 0) is 0 Å². The molecular formula is C11H18ClN3. The molecule has 1 aromatic rings. The van der Waals surface area contributed by atoms with Gasteiger partial charge in [-0.05, 0) is 31.5 Å². The van der Waals surface area contributed by atoms with Gasteiger partial charge in [-0.1, -0.05) is 6.07 Å². The Bertz CT molecular complexity index is 293. The topological polar surface area (TPSA) is 28.2 Å². The first-order chi connectivity index (χ1) is 6.77. The summed E-state index contributed by atoms with van der Waals surface area (Å²) >= 11 is 0. The van der Waals surface area contributed by atoms with Crippen molar-refractivity contribution in [3.8, 4) is 0 Å². The van der Waals surface area contributed by atoms with Crippen molar-refractivity contribution < 1.29 is 0 Å². The fraction of sp³-hybridized carbons (Fsp3) is 0.545. The largest absolute Gasteiger partial charge is 0.355 e. The highest BCUT2D eigenvalue weighted by atomic mass is 35.5. The van der Waals surface area contributed by atoms with E-state index in [0.717, 1.165) is 18.9 Å². The van der Waals surface area contributed by atoms with E-state index in [9.17, 15) is 0 Å². The quantitative estimate of drug-likeness (QED) is 0.832. The molecule has 0 spiro atoms. The standard InChI is InChI=1S/C11H17N3.ClH/c1-9-3-4-11(13-7-9)14(2)10-5-6-12-8-10;/h3-4,7,10,12H,5-6,8H2,1-2H3;1H/t10-;/m0./s1. The molecule has 15 heavy (non-hydrogen) atoms. The van der Waals surface area contributed by atoms with Gasteiger partial charge in [0.1, 0.15) is 5.82 Å². The Morgan fingerprint density at radius 2 is 2.27 bits per heavy atom. The van der Waals surface area contributed by atoms with E-state index in [4.69, 9.17) is 0 Å². The molecule has 84 valence electrons. The molecule has 0 saturated carbocycles. The zero-order valence-electron chi connectivity index (χ0n) is 9.23. The van der Waals surface area contributed by atoms with Crippen molar-refractivity contribution in [3.05, 3.63) is 23.9 Å². The van der Waals surface area contributed by atoms with Gasteiger partial charge in [-0.2, -0.15) is 0 Å². The average molecular weight is 228 g/mol. The van der Waals surface area contributed by atoms with E-state index < -0.39 is 0 Å². The lowest BCUT2D eigenvalue weighted by Gasteiger charge is -2.24. The molecule has 1 aliphatic heterocycles. The number of aryl methyl sites for hydroxylation is 1. The van der Waals surface area contributed by atoms with Crippen LogP contribution < -0.4 is 10.2 Å². The molecule has 0 aliphatic carbocycles. The Morgan fingerprint density at radius 1 is 1.47 bits per heavy atom. The summed E-state index contributed by atoms with van der Waals surface area (Å²) < 4.78 is 0. The molecular weight excluding hydrogens is 210 g/mol. The lowest BCUT2D eigenvalue weighted by Crippen LogP contribution is -2.33. The average Bonchev–Trinajstić information content (AvgIpc) is 2.71. The molecule has 0 unspecified atom stereocenters. The Morgan fingerprint density at radius 3 is 2.80 bits per heavy atom. The molecule has 0 bridgehead atoms. The number of anilines is 1. The second-order valence-electron chi connectivity index (χ2n) is 3.95. The first-order valence-corrected chi connectivity index (χ1v) is 5.13. The van der Waals surface area contributed by atoms with Gasteiger partial charge in [0.2, 0.25) is 0 Å². The highest BCUT2D eigenvalue weighted by molar-refractivity contribution is 5.85. The normalized spacial score (nSPS) is 19.7. The molecule has 3 nitrogen and oxygen atoms in total. The SMILES string of the molecule is Cc1ccc(N(C)[C@H]2CCNC2)nc1.Cl. The number of hydrogen-bond acceptors (Lipinski definition) is 3. The van der Waals surface area contributed by atoms with Crippen LogP contribution in [0.5, 0.6) is 0 Å². The van der Waals surface area contributed by atoms with Crippen molar-refractivity contribution in [3.63, 3.8) is 0 Å². The van der Waals surface area contributed by atoms with E-state index in [0.29, 0.717) is 6.04 Å². The van der Waals surface area contributed by atoms with Crippen LogP contribution in [0.2, 0.25) is 0 Å². The fourth-order valence-electron chi connectivity index (χ4n) is 1.83. The van der Waals surface area contributed by atoms with Gasteiger partial charge in [0.25, 0.3) is 0 Å². The lowest BCUT2D eigenvalue weighted by atomic mass is 10.2. The number of rotatable bonds is 2. The fourth-order valence-corrected chi connectivity index (χ4v) is 1.83. The van der Waals surface area contributed by atoms with E-state index in [-0.39, 0.29) is 12.4 Å². The Labute approximate surface area is 97.3 Å². The van der Waals surface area contributed by atoms with Crippen LogP contribution in [0.3, 0.4) is 0 Å². The second kappa shape index (κ2) is 5.33. The van der Waals surface area contributed by atoms with Crippen molar-refractivity contribution in [1.29, 1.82) is 0 Å². The van der Waals surface area contributed by atoms with Crippen LogP contribution in [0, 0.1) is 6.92 Å². The summed E-state index contributed by atoms with van der Waals surface area (Å²) in [6, 6.07) is 4.81. The van der Waals surface area contributed by atoms with Gasteiger partial charge < -0.3 is 10.2 Å².